The molecule has 6 nitrogen and oxygen atoms in total. The molecule has 0 aromatic rings. The number of hydrogen-bond acceptors (Lipinski definition) is 6. The Hall–Kier alpha value is -0.240. The van der Waals surface area contributed by atoms with Crippen molar-refractivity contribution in [2.24, 2.45) is 40.9 Å². The van der Waals surface area contributed by atoms with Crippen molar-refractivity contribution in [3.63, 3.8) is 0 Å². The van der Waals surface area contributed by atoms with Gasteiger partial charge in [-0.3, -0.25) is 0 Å². The summed E-state index contributed by atoms with van der Waals surface area (Å²) in [6.45, 7) is 33.9. The molecule has 0 rings (SSSR count). The molecular formula is C31H67N3O3. The molecule has 0 spiro atoms. The van der Waals surface area contributed by atoms with Crippen LogP contribution in [0.25, 0.3) is 0 Å². The van der Waals surface area contributed by atoms with Crippen LogP contribution in [0.4, 0.5) is 0 Å². The largest absolute Gasteiger partial charge is 0.375 e. The number of ether oxygens (including phenoxy) is 3. The van der Waals surface area contributed by atoms with Gasteiger partial charge in [-0.2, -0.15) is 0 Å². The van der Waals surface area contributed by atoms with Crippen LogP contribution in [0.15, 0.2) is 0 Å². The lowest BCUT2D eigenvalue weighted by atomic mass is 9.75. The molecule has 0 aromatic carbocycles. The maximum Gasteiger partial charge on any atom is 0.0656 e. The highest BCUT2D eigenvalue weighted by Gasteiger charge is 2.41. The first-order valence-electron chi connectivity index (χ1n) is 14.5. The molecule has 0 aliphatic heterocycles. The lowest BCUT2D eigenvalue weighted by Crippen LogP contribution is -2.49. The molecule has 0 bridgehead atoms. The molecule has 0 aromatic heterocycles. The van der Waals surface area contributed by atoms with Crippen LogP contribution in [0.3, 0.4) is 0 Å². The van der Waals surface area contributed by atoms with Crippen LogP contribution < -0.4 is 17.2 Å². The van der Waals surface area contributed by atoms with Gasteiger partial charge in [0, 0.05) is 16.6 Å². The second-order valence-corrected chi connectivity index (χ2v) is 15.4. The van der Waals surface area contributed by atoms with E-state index >= 15 is 0 Å². The summed E-state index contributed by atoms with van der Waals surface area (Å²) in [5, 5.41) is 0. The lowest BCUT2D eigenvalue weighted by molar-refractivity contribution is -0.139. The standard InChI is InChI=1S/C31H67N3O3/c1-16-31(15,34)24(4)21-37-30(13,14)25(17-26(5,6)35-19-22(2)28(9,10)32)18-27(7,8)36-20-23(3)29(11,12)33/h22-25H,16-21,32-34H2,1-15H3. The first kappa shape index (κ1) is 36.8. The minimum atomic E-state index is -0.392. The fourth-order valence-corrected chi connectivity index (χ4v) is 4.00. The molecule has 6 N–H and O–H groups in total. The van der Waals surface area contributed by atoms with E-state index in [2.05, 4.69) is 104 Å². The predicted octanol–water partition coefficient (Wildman–Crippen LogP) is 6.28. The minimum Gasteiger partial charge on any atom is -0.375 e. The van der Waals surface area contributed by atoms with Gasteiger partial charge in [-0.05, 0) is 119 Å². The van der Waals surface area contributed by atoms with E-state index < -0.39 is 5.60 Å². The number of nitrogens with two attached hydrogens (primary N) is 3. The number of rotatable bonds is 18. The quantitative estimate of drug-likeness (QED) is 0.193. The molecule has 0 radical (unpaired) electrons. The van der Waals surface area contributed by atoms with E-state index in [4.69, 9.17) is 31.4 Å². The zero-order chi connectivity index (χ0) is 29.7. The van der Waals surface area contributed by atoms with Crippen LogP contribution in [-0.2, 0) is 14.2 Å². The van der Waals surface area contributed by atoms with Crippen LogP contribution in [0.2, 0.25) is 0 Å². The molecule has 0 saturated carbocycles. The molecule has 4 atom stereocenters. The first-order chi connectivity index (χ1) is 16.3. The summed E-state index contributed by atoms with van der Waals surface area (Å²) in [7, 11) is 0. The molecule has 0 aliphatic carbocycles. The van der Waals surface area contributed by atoms with Crippen LogP contribution in [-0.4, -0.2) is 53.2 Å². The van der Waals surface area contributed by atoms with Crippen molar-refractivity contribution in [1.82, 2.24) is 0 Å². The molecule has 0 heterocycles. The third-order valence-corrected chi connectivity index (χ3v) is 9.04. The van der Waals surface area contributed by atoms with Crippen molar-refractivity contribution in [3.05, 3.63) is 0 Å². The van der Waals surface area contributed by atoms with Crippen molar-refractivity contribution in [2.75, 3.05) is 19.8 Å². The Kier molecular flexibility index (Phi) is 13.3. The second-order valence-electron chi connectivity index (χ2n) is 15.4. The summed E-state index contributed by atoms with van der Waals surface area (Å²) in [5.74, 6) is 0.920. The zero-order valence-electron chi connectivity index (χ0n) is 27.5. The van der Waals surface area contributed by atoms with Gasteiger partial charge < -0.3 is 31.4 Å². The minimum absolute atomic E-state index is 0.192. The van der Waals surface area contributed by atoms with Gasteiger partial charge in [-0.1, -0.05) is 27.7 Å². The molecule has 0 amide bonds. The smallest absolute Gasteiger partial charge is 0.0656 e. The van der Waals surface area contributed by atoms with Crippen molar-refractivity contribution in [1.29, 1.82) is 0 Å². The maximum absolute atomic E-state index is 6.66. The Morgan fingerprint density at radius 2 is 0.865 bits per heavy atom. The van der Waals surface area contributed by atoms with Crippen LogP contribution in [0.5, 0.6) is 0 Å². The van der Waals surface area contributed by atoms with E-state index in [0.29, 0.717) is 19.8 Å². The van der Waals surface area contributed by atoms with Crippen LogP contribution >= 0.6 is 0 Å². The van der Waals surface area contributed by atoms with Gasteiger partial charge in [-0.25, -0.2) is 0 Å². The summed E-state index contributed by atoms with van der Waals surface area (Å²) >= 11 is 0. The lowest BCUT2D eigenvalue weighted by Gasteiger charge is -2.44. The van der Waals surface area contributed by atoms with E-state index in [0.717, 1.165) is 19.3 Å². The third-order valence-electron chi connectivity index (χ3n) is 9.04. The van der Waals surface area contributed by atoms with Gasteiger partial charge in [-0.15, -0.1) is 0 Å². The van der Waals surface area contributed by atoms with Gasteiger partial charge in [0.05, 0.1) is 36.6 Å². The molecule has 0 saturated heterocycles. The molecule has 0 aliphatic rings. The van der Waals surface area contributed by atoms with Crippen molar-refractivity contribution in [2.45, 2.75) is 157 Å². The highest BCUT2D eigenvalue weighted by molar-refractivity contribution is 4.92. The van der Waals surface area contributed by atoms with Crippen LogP contribution in [0.1, 0.15) is 123 Å². The normalized spacial score (nSPS) is 19.3. The average molecular weight is 530 g/mol. The summed E-state index contributed by atoms with van der Waals surface area (Å²) in [4.78, 5) is 0. The molecular weight excluding hydrogens is 462 g/mol. The molecule has 37 heavy (non-hydrogen) atoms. The summed E-state index contributed by atoms with van der Waals surface area (Å²) in [5.41, 5.74) is 17.3. The Bertz CT molecular complexity index is 622. The fraction of sp³-hybridized carbons (Fsp3) is 1.00. The third kappa shape index (κ3) is 13.6. The predicted molar refractivity (Wildman–Crippen MR) is 160 cm³/mol. The monoisotopic (exact) mass is 530 g/mol. The van der Waals surface area contributed by atoms with Crippen molar-refractivity contribution in [3.8, 4) is 0 Å². The summed E-state index contributed by atoms with van der Waals surface area (Å²) in [6, 6.07) is 0. The van der Waals surface area contributed by atoms with E-state index in [1.807, 2.05) is 0 Å². The Labute approximate surface area is 231 Å². The first-order valence-corrected chi connectivity index (χ1v) is 14.5. The Morgan fingerprint density at radius 3 is 1.16 bits per heavy atom. The average Bonchev–Trinajstić information content (AvgIpc) is 2.71. The summed E-state index contributed by atoms with van der Waals surface area (Å²) in [6.07, 6.45) is 2.59. The van der Waals surface area contributed by atoms with Gasteiger partial charge in [0.1, 0.15) is 0 Å². The number of hydrogen-bond donors (Lipinski definition) is 3. The van der Waals surface area contributed by atoms with Crippen LogP contribution in [0, 0.1) is 23.7 Å². The molecule has 224 valence electrons. The highest BCUT2D eigenvalue weighted by atomic mass is 16.5. The van der Waals surface area contributed by atoms with E-state index in [1.165, 1.54) is 0 Å². The zero-order valence-corrected chi connectivity index (χ0v) is 27.5. The van der Waals surface area contributed by atoms with Crippen molar-refractivity contribution < 1.29 is 14.2 Å². The van der Waals surface area contributed by atoms with Gasteiger partial charge >= 0.3 is 0 Å². The Morgan fingerprint density at radius 1 is 0.541 bits per heavy atom. The molecule has 0 fully saturated rings. The van der Waals surface area contributed by atoms with Gasteiger partial charge in [0.2, 0.25) is 0 Å². The van der Waals surface area contributed by atoms with Crippen molar-refractivity contribution >= 4 is 0 Å². The molecule has 6 heteroatoms. The second kappa shape index (κ2) is 13.4. The maximum atomic E-state index is 6.66. The highest BCUT2D eigenvalue weighted by Crippen LogP contribution is 2.39. The summed E-state index contributed by atoms with van der Waals surface area (Å²) < 4.78 is 19.6. The van der Waals surface area contributed by atoms with Gasteiger partial charge in [0.15, 0.2) is 0 Å². The van der Waals surface area contributed by atoms with Gasteiger partial charge in [0.25, 0.3) is 0 Å². The van der Waals surface area contributed by atoms with E-state index in [-0.39, 0.29) is 51.5 Å². The topological polar surface area (TPSA) is 106 Å². The molecule has 4 unspecified atom stereocenters. The fourth-order valence-electron chi connectivity index (χ4n) is 4.00. The SMILES string of the molecule is CCC(C)(N)C(C)COC(C)(C)C(CC(C)(C)OCC(C)C(C)(C)N)CC(C)(C)OCC(C)C(C)(C)N. The van der Waals surface area contributed by atoms with E-state index in [9.17, 15) is 0 Å². The Balaban J connectivity index is 5.76. The van der Waals surface area contributed by atoms with E-state index in [1.54, 1.807) is 0 Å².